The third-order valence-corrected chi connectivity index (χ3v) is 2.95. The standard InChI is InChI=1S/C12H24NO2/c1-6-13(5,7-2)9-8-10-15-12(14)11(3)4/h3,6-10H2,1-2,4-5H3/q+1. The maximum absolute atomic E-state index is 11.1. The summed E-state index contributed by atoms with van der Waals surface area (Å²) in [6.07, 6.45) is 0.914. The van der Waals surface area contributed by atoms with Gasteiger partial charge in [-0.3, -0.25) is 0 Å². The smallest absolute Gasteiger partial charge is 0.333 e. The molecule has 15 heavy (non-hydrogen) atoms. The maximum atomic E-state index is 11.1. The van der Waals surface area contributed by atoms with Crippen molar-refractivity contribution in [1.82, 2.24) is 0 Å². The monoisotopic (exact) mass is 214 g/mol. The fourth-order valence-electron chi connectivity index (χ4n) is 1.27. The van der Waals surface area contributed by atoms with Crippen LogP contribution in [0.5, 0.6) is 0 Å². The molecule has 0 spiro atoms. The van der Waals surface area contributed by atoms with E-state index in [1.54, 1.807) is 6.92 Å². The minimum atomic E-state index is -0.280. The average molecular weight is 214 g/mol. The number of carbonyl (C=O) groups is 1. The molecular weight excluding hydrogens is 190 g/mol. The second kappa shape index (κ2) is 6.62. The highest BCUT2D eigenvalue weighted by Gasteiger charge is 2.15. The van der Waals surface area contributed by atoms with E-state index in [0.29, 0.717) is 12.2 Å². The summed E-state index contributed by atoms with van der Waals surface area (Å²) < 4.78 is 6.07. The lowest BCUT2D eigenvalue weighted by Gasteiger charge is -2.31. The average Bonchev–Trinajstić information content (AvgIpc) is 2.23. The molecule has 0 aromatic carbocycles. The van der Waals surface area contributed by atoms with E-state index in [1.165, 1.54) is 0 Å². The molecule has 0 N–H and O–H groups in total. The van der Waals surface area contributed by atoms with E-state index in [1.807, 2.05) is 0 Å². The van der Waals surface area contributed by atoms with Gasteiger partial charge in [-0.2, -0.15) is 0 Å². The molecule has 0 aromatic rings. The van der Waals surface area contributed by atoms with E-state index >= 15 is 0 Å². The van der Waals surface area contributed by atoms with Crippen LogP contribution in [0.4, 0.5) is 0 Å². The zero-order chi connectivity index (χ0) is 11.9. The third kappa shape index (κ3) is 5.57. The Bertz CT molecular complexity index is 220. The molecule has 0 aliphatic carbocycles. The van der Waals surface area contributed by atoms with E-state index in [2.05, 4.69) is 27.5 Å². The first-order chi connectivity index (χ1) is 6.95. The fraction of sp³-hybridized carbons (Fsp3) is 0.750. The van der Waals surface area contributed by atoms with Crippen LogP contribution in [0, 0.1) is 0 Å². The first-order valence-electron chi connectivity index (χ1n) is 5.61. The minimum Gasteiger partial charge on any atom is -0.462 e. The molecule has 0 radical (unpaired) electrons. The van der Waals surface area contributed by atoms with Crippen LogP contribution in [-0.2, 0) is 9.53 Å². The Morgan fingerprint density at radius 2 is 1.87 bits per heavy atom. The molecule has 0 saturated carbocycles. The highest BCUT2D eigenvalue weighted by Crippen LogP contribution is 2.03. The lowest BCUT2D eigenvalue weighted by atomic mass is 10.3. The van der Waals surface area contributed by atoms with Crippen LogP contribution in [0.1, 0.15) is 27.2 Å². The number of rotatable bonds is 7. The molecule has 3 heteroatoms. The van der Waals surface area contributed by atoms with Gasteiger partial charge >= 0.3 is 5.97 Å². The van der Waals surface area contributed by atoms with Crippen LogP contribution in [0.25, 0.3) is 0 Å². The van der Waals surface area contributed by atoms with Gasteiger partial charge in [0.1, 0.15) is 0 Å². The number of quaternary nitrogens is 1. The summed E-state index contributed by atoms with van der Waals surface area (Å²) in [6.45, 7) is 13.4. The van der Waals surface area contributed by atoms with E-state index in [0.717, 1.165) is 30.5 Å². The van der Waals surface area contributed by atoms with Crippen molar-refractivity contribution in [2.75, 3.05) is 33.3 Å². The maximum Gasteiger partial charge on any atom is 0.333 e. The molecule has 0 amide bonds. The van der Waals surface area contributed by atoms with E-state index in [4.69, 9.17) is 4.74 Å². The SMILES string of the molecule is C=C(C)C(=O)OCCC[N+](C)(CC)CC. The highest BCUT2D eigenvalue weighted by atomic mass is 16.5. The summed E-state index contributed by atoms with van der Waals surface area (Å²) in [5, 5.41) is 0. The predicted octanol–water partition coefficient (Wildman–Crippen LogP) is 1.98. The molecule has 0 atom stereocenters. The van der Waals surface area contributed by atoms with Crippen LogP contribution in [0.2, 0.25) is 0 Å². The van der Waals surface area contributed by atoms with Crippen LogP contribution >= 0.6 is 0 Å². The molecule has 0 saturated heterocycles. The predicted molar refractivity (Wildman–Crippen MR) is 62.5 cm³/mol. The van der Waals surface area contributed by atoms with Gasteiger partial charge in [0.05, 0.1) is 33.3 Å². The molecule has 0 aliphatic rings. The number of esters is 1. The lowest BCUT2D eigenvalue weighted by molar-refractivity contribution is -0.906. The Hall–Kier alpha value is -0.830. The molecular formula is C12H24NO2+. The Morgan fingerprint density at radius 3 is 2.27 bits per heavy atom. The van der Waals surface area contributed by atoms with Crippen molar-refractivity contribution in [3.8, 4) is 0 Å². The van der Waals surface area contributed by atoms with Gasteiger partial charge < -0.3 is 9.22 Å². The van der Waals surface area contributed by atoms with Crippen LogP contribution in [-0.4, -0.2) is 43.7 Å². The minimum absolute atomic E-state index is 0.280. The van der Waals surface area contributed by atoms with Gasteiger partial charge in [0.25, 0.3) is 0 Å². The molecule has 0 aliphatic heterocycles. The molecule has 3 nitrogen and oxygen atoms in total. The summed E-state index contributed by atoms with van der Waals surface area (Å²) in [5.74, 6) is -0.280. The Labute approximate surface area is 93.3 Å². The topological polar surface area (TPSA) is 26.3 Å². The Balaban J connectivity index is 3.71. The molecule has 0 heterocycles. The van der Waals surface area contributed by atoms with Crippen LogP contribution in [0.15, 0.2) is 12.2 Å². The van der Waals surface area contributed by atoms with E-state index < -0.39 is 0 Å². The van der Waals surface area contributed by atoms with Gasteiger partial charge in [-0.1, -0.05) is 6.58 Å². The quantitative estimate of drug-likeness (QED) is 0.280. The lowest BCUT2D eigenvalue weighted by Crippen LogP contribution is -2.44. The second-order valence-electron chi connectivity index (χ2n) is 4.25. The summed E-state index contributed by atoms with van der Waals surface area (Å²) in [6, 6.07) is 0. The van der Waals surface area contributed by atoms with Gasteiger partial charge in [-0.05, 0) is 20.8 Å². The summed E-state index contributed by atoms with van der Waals surface area (Å²) in [5.41, 5.74) is 0.471. The Kier molecular flexibility index (Phi) is 6.25. The third-order valence-electron chi connectivity index (χ3n) is 2.95. The van der Waals surface area contributed by atoms with E-state index in [9.17, 15) is 4.79 Å². The number of hydrogen-bond acceptors (Lipinski definition) is 2. The highest BCUT2D eigenvalue weighted by molar-refractivity contribution is 5.86. The van der Waals surface area contributed by atoms with Gasteiger partial charge in [-0.25, -0.2) is 4.79 Å². The van der Waals surface area contributed by atoms with Gasteiger partial charge in [0.2, 0.25) is 0 Å². The molecule has 0 bridgehead atoms. The zero-order valence-electron chi connectivity index (χ0n) is 10.5. The molecule has 0 aromatic heterocycles. The molecule has 0 unspecified atom stereocenters. The normalized spacial score (nSPS) is 11.2. The first kappa shape index (κ1) is 14.2. The van der Waals surface area contributed by atoms with Crippen molar-refractivity contribution in [1.29, 1.82) is 0 Å². The van der Waals surface area contributed by atoms with Crippen molar-refractivity contribution in [2.24, 2.45) is 0 Å². The second-order valence-corrected chi connectivity index (χ2v) is 4.25. The van der Waals surface area contributed by atoms with Gasteiger partial charge in [0.15, 0.2) is 0 Å². The van der Waals surface area contributed by atoms with Crippen LogP contribution < -0.4 is 0 Å². The van der Waals surface area contributed by atoms with Crippen molar-refractivity contribution in [3.05, 3.63) is 12.2 Å². The molecule has 88 valence electrons. The number of hydrogen-bond donors (Lipinski definition) is 0. The van der Waals surface area contributed by atoms with Crippen LogP contribution in [0.3, 0.4) is 0 Å². The summed E-state index contributed by atoms with van der Waals surface area (Å²) in [4.78, 5) is 11.1. The van der Waals surface area contributed by atoms with E-state index in [-0.39, 0.29) is 5.97 Å². The summed E-state index contributed by atoms with van der Waals surface area (Å²) in [7, 11) is 2.22. The Morgan fingerprint density at radius 1 is 1.33 bits per heavy atom. The van der Waals surface area contributed by atoms with Gasteiger partial charge in [-0.15, -0.1) is 0 Å². The largest absolute Gasteiger partial charge is 0.462 e. The molecule has 0 fully saturated rings. The van der Waals surface area contributed by atoms with Gasteiger partial charge in [0, 0.05) is 12.0 Å². The zero-order valence-corrected chi connectivity index (χ0v) is 10.5. The fourth-order valence-corrected chi connectivity index (χ4v) is 1.27. The van der Waals surface area contributed by atoms with Crippen molar-refractivity contribution in [3.63, 3.8) is 0 Å². The number of ether oxygens (including phenoxy) is 1. The van der Waals surface area contributed by atoms with Crippen molar-refractivity contribution >= 4 is 5.97 Å². The number of carbonyl (C=O) groups excluding carboxylic acids is 1. The number of nitrogens with zero attached hydrogens (tertiary/aromatic N) is 1. The van der Waals surface area contributed by atoms with Crippen molar-refractivity contribution in [2.45, 2.75) is 27.2 Å². The summed E-state index contributed by atoms with van der Waals surface area (Å²) >= 11 is 0. The van der Waals surface area contributed by atoms with Crippen molar-refractivity contribution < 1.29 is 14.0 Å². The first-order valence-corrected chi connectivity index (χ1v) is 5.61. The molecule has 0 rings (SSSR count).